The minimum Gasteiger partial charge on any atom is -0.337 e. The van der Waals surface area contributed by atoms with E-state index in [4.69, 9.17) is 16.9 Å². The summed E-state index contributed by atoms with van der Waals surface area (Å²) in [5.41, 5.74) is -1.97. The van der Waals surface area contributed by atoms with Crippen LogP contribution in [0.4, 0.5) is 13.2 Å². The first kappa shape index (κ1) is 19.6. The number of rotatable bonds is 5. The van der Waals surface area contributed by atoms with E-state index in [-0.39, 0.29) is 21.7 Å². The first-order chi connectivity index (χ1) is 10.5. The first-order valence-electron chi connectivity index (χ1n) is 6.57. The van der Waals surface area contributed by atoms with E-state index in [0.29, 0.717) is 6.20 Å². The van der Waals surface area contributed by atoms with Gasteiger partial charge in [0.05, 0.1) is 22.4 Å². The van der Waals surface area contributed by atoms with Crippen LogP contribution in [-0.2, 0) is 11.0 Å². The van der Waals surface area contributed by atoms with Gasteiger partial charge in [0.2, 0.25) is 5.91 Å². The lowest BCUT2D eigenvalue weighted by molar-refractivity contribution is -0.137. The van der Waals surface area contributed by atoms with Gasteiger partial charge < -0.3 is 5.32 Å². The van der Waals surface area contributed by atoms with Crippen molar-refractivity contribution in [2.24, 2.45) is 5.92 Å². The standard InChI is InChI=1S/C14H15ClF3N3OS/c1-8(2)13(3,7-19)21-11(22)6-23-12-10(15)4-9(5-20-12)14(16,17)18/h4-5,8H,6H2,1-3H3,(H,21,22)/t13-/m1/s1. The Kier molecular flexibility index (Phi) is 6.31. The number of halogens is 4. The molecule has 0 aliphatic carbocycles. The molecule has 1 rings (SSSR count). The molecule has 1 N–H and O–H groups in total. The van der Waals surface area contributed by atoms with E-state index in [1.54, 1.807) is 20.8 Å². The van der Waals surface area contributed by atoms with E-state index < -0.39 is 23.2 Å². The molecule has 0 saturated carbocycles. The second-order valence-corrected chi connectivity index (χ2v) is 6.69. The maximum Gasteiger partial charge on any atom is 0.417 e. The lowest BCUT2D eigenvalue weighted by Gasteiger charge is -2.27. The lowest BCUT2D eigenvalue weighted by Crippen LogP contribution is -2.49. The molecule has 0 spiro atoms. The number of hydrogen-bond acceptors (Lipinski definition) is 4. The molecule has 9 heteroatoms. The Labute approximate surface area is 141 Å². The smallest absolute Gasteiger partial charge is 0.337 e. The van der Waals surface area contributed by atoms with E-state index >= 15 is 0 Å². The molecule has 1 atom stereocenters. The molecule has 1 aromatic rings. The van der Waals surface area contributed by atoms with Crippen LogP contribution in [0.3, 0.4) is 0 Å². The summed E-state index contributed by atoms with van der Waals surface area (Å²) in [5, 5.41) is 11.7. The number of aromatic nitrogens is 1. The van der Waals surface area contributed by atoms with Gasteiger partial charge in [0.25, 0.3) is 0 Å². The van der Waals surface area contributed by atoms with Gasteiger partial charge in [0.1, 0.15) is 10.6 Å². The van der Waals surface area contributed by atoms with Crippen molar-refractivity contribution in [3.05, 3.63) is 22.8 Å². The van der Waals surface area contributed by atoms with Crippen LogP contribution < -0.4 is 5.32 Å². The average molecular weight is 366 g/mol. The molecule has 4 nitrogen and oxygen atoms in total. The van der Waals surface area contributed by atoms with Gasteiger partial charge in [-0.25, -0.2) is 4.98 Å². The van der Waals surface area contributed by atoms with E-state index in [1.165, 1.54) is 0 Å². The Morgan fingerprint density at radius 3 is 2.57 bits per heavy atom. The van der Waals surface area contributed by atoms with Crippen molar-refractivity contribution >= 4 is 29.3 Å². The molecule has 23 heavy (non-hydrogen) atoms. The number of amides is 1. The van der Waals surface area contributed by atoms with E-state index in [1.807, 2.05) is 6.07 Å². The van der Waals surface area contributed by atoms with Gasteiger partial charge in [-0.1, -0.05) is 37.2 Å². The van der Waals surface area contributed by atoms with Gasteiger partial charge in [-0.3, -0.25) is 4.79 Å². The first-order valence-corrected chi connectivity index (χ1v) is 7.93. The summed E-state index contributed by atoms with van der Waals surface area (Å²) >= 11 is 6.67. The van der Waals surface area contributed by atoms with Gasteiger partial charge in [-0.05, 0) is 18.9 Å². The lowest BCUT2D eigenvalue weighted by atomic mass is 9.90. The van der Waals surface area contributed by atoms with E-state index in [9.17, 15) is 18.0 Å². The minimum absolute atomic E-state index is 0.103. The topological polar surface area (TPSA) is 65.8 Å². The second kappa shape index (κ2) is 7.41. The minimum atomic E-state index is -4.52. The maximum absolute atomic E-state index is 12.5. The van der Waals surface area contributed by atoms with Crippen molar-refractivity contribution in [2.75, 3.05) is 5.75 Å². The van der Waals surface area contributed by atoms with Gasteiger partial charge in [-0.15, -0.1) is 0 Å². The van der Waals surface area contributed by atoms with Crippen LogP contribution in [0.2, 0.25) is 5.02 Å². The Morgan fingerprint density at radius 1 is 1.52 bits per heavy atom. The summed E-state index contributed by atoms with van der Waals surface area (Å²) in [6.45, 7) is 5.19. The fourth-order valence-corrected chi connectivity index (χ4v) is 2.44. The quantitative estimate of drug-likeness (QED) is 0.804. The van der Waals surface area contributed by atoms with Crippen LogP contribution in [0, 0.1) is 17.2 Å². The molecule has 1 amide bonds. The molecular weight excluding hydrogens is 351 g/mol. The van der Waals surface area contributed by atoms with Crippen molar-refractivity contribution in [1.29, 1.82) is 5.26 Å². The number of carbonyl (C=O) groups is 1. The number of pyridine rings is 1. The van der Waals surface area contributed by atoms with Crippen molar-refractivity contribution in [2.45, 2.75) is 37.5 Å². The van der Waals surface area contributed by atoms with Gasteiger partial charge in [-0.2, -0.15) is 18.4 Å². The molecule has 1 heterocycles. The van der Waals surface area contributed by atoms with Crippen LogP contribution in [0.5, 0.6) is 0 Å². The highest BCUT2D eigenvalue weighted by Gasteiger charge is 2.32. The molecule has 0 fully saturated rings. The molecule has 0 radical (unpaired) electrons. The van der Waals surface area contributed by atoms with Crippen LogP contribution in [0.15, 0.2) is 17.3 Å². The second-order valence-electron chi connectivity index (χ2n) is 5.31. The molecule has 0 unspecified atom stereocenters. The summed E-state index contributed by atoms with van der Waals surface area (Å²) < 4.78 is 37.5. The highest BCUT2D eigenvalue weighted by Crippen LogP contribution is 2.33. The number of alkyl halides is 3. The molecule has 0 aliphatic heterocycles. The molecule has 0 aliphatic rings. The van der Waals surface area contributed by atoms with Gasteiger partial charge in [0.15, 0.2) is 0 Å². The molecule has 126 valence electrons. The fraction of sp³-hybridized carbons (Fsp3) is 0.500. The van der Waals surface area contributed by atoms with Crippen LogP contribution in [-0.4, -0.2) is 22.2 Å². The maximum atomic E-state index is 12.5. The van der Waals surface area contributed by atoms with Crippen molar-refractivity contribution in [3.8, 4) is 6.07 Å². The van der Waals surface area contributed by atoms with E-state index in [2.05, 4.69) is 10.3 Å². The molecule has 0 bridgehead atoms. The summed E-state index contributed by atoms with van der Waals surface area (Å²) in [4.78, 5) is 15.5. The fourth-order valence-electron chi connectivity index (χ4n) is 1.45. The van der Waals surface area contributed by atoms with Crippen LogP contribution in [0.1, 0.15) is 26.3 Å². The highest BCUT2D eigenvalue weighted by molar-refractivity contribution is 8.00. The summed E-state index contributed by atoms with van der Waals surface area (Å²) in [6.07, 6.45) is -3.86. The van der Waals surface area contributed by atoms with Crippen molar-refractivity contribution < 1.29 is 18.0 Å². The Hall–Kier alpha value is -1.46. The molecule has 1 aromatic heterocycles. The molecular formula is C14H15ClF3N3OS. The zero-order valence-corrected chi connectivity index (χ0v) is 14.2. The van der Waals surface area contributed by atoms with E-state index in [0.717, 1.165) is 17.8 Å². The Bertz CT molecular complexity index is 631. The molecule has 0 aromatic carbocycles. The van der Waals surface area contributed by atoms with Gasteiger partial charge >= 0.3 is 6.18 Å². The van der Waals surface area contributed by atoms with Crippen LogP contribution in [0.25, 0.3) is 0 Å². The summed E-state index contributed by atoms with van der Waals surface area (Å²) in [5.74, 6) is -0.637. The average Bonchev–Trinajstić information content (AvgIpc) is 2.44. The predicted molar refractivity (Wildman–Crippen MR) is 82.0 cm³/mol. The van der Waals surface area contributed by atoms with Crippen molar-refractivity contribution in [1.82, 2.24) is 10.3 Å². The monoisotopic (exact) mass is 365 g/mol. The number of hydrogen-bond donors (Lipinski definition) is 1. The third-order valence-electron chi connectivity index (χ3n) is 3.26. The number of carbonyl (C=O) groups excluding carboxylic acids is 1. The third kappa shape index (κ3) is 5.29. The molecule has 0 saturated heterocycles. The summed E-state index contributed by atoms with van der Waals surface area (Å²) in [6, 6.07) is 2.80. The number of thioether (sulfide) groups is 1. The Balaban J connectivity index is 2.73. The SMILES string of the molecule is CC(C)[C@@](C)(C#N)NC(=O)CSc1ncc(C(F)(F)F)cc1Cl. The highest BCUT2D eigenvalue weighted by atomic mass is 35.5. The van der Waals surface area contributed by atoms with Gasteiger partial charge in [0, 0.05) is 6.20 Å². The number of nitrogens with one attached hydrogen (secondary N) is 1. The largest absolute Gasteiger partial charge is 0.417 e. The van der Waals surface area contributed by atoms with Crippen LogP contribution >= 0.6 is 23.4 Å². The number of nitrogens with zero attached hydrogens (tertiary/aromatic N) is 2. The normalized spacial score (nSPS) is 14.2. The predicted octanol–water partition coefficient (Wildman–Crippen LogP) is 3.90. The zero-order valence-electron chi connectivity index (χ0n) is 12.7. The Morgan fingerprint density at radius 2 is 2.13 bits per heavy atom. The zero-order chi connectivity index (χ0) is 17.8. The third-order valence-corrected chi connectivity index (χ3v) is 4.67. The van der Waals surface area contributed by atoms with Crippen molar-refractivity contribution in [3.63, 3.8) is 0 Å². The number of nitriles is 1. The summed E-state index contributed by atoms with van der Waals surface area (Å²) in [7, 11) is 0.